The summed E-state index contributed by atoms with van der Waals surface area (Å²) in [6.45, 7) is 0.581. The third kappa shape index (κ3) is 3.43. The monoisotopic (exact) mass is 270 g/mol. The maximum absolute atomic E-state index is 11.5. The van der Waals surface area contributed by atoms with Crippen molar-refractivity contribution < 1.29 is 13.2 Å². The van der Waals surface area contributed by atoms with Crippen LogP contribution >= 0.6 is 0 Å². The van der Waals surface area contributed by atoms with Crippen LogP contribution in [0.1, 0.15) is 18.4 Å². The Labute approximate surface area is 107 Å². The Hall–Kier alpha value is -1.14. The highest BCUT2D eigenvalue weighted by molar-refractivity contribution is 7.91. The predicted molar refractivity (Wildman–Crippen MR) is 69.3 cm³/mol. The van der Waals surface area contributed by atoms with Crippen molar-refractivity contribution in [3.05, 3.63) is 23.9 Å². The average Bonchev–Trinajstić information content (AvgIpc) is 2.35. The summed E-state index contributed by atoms with van der Waals surface area (Å²) in [7, 11) is -1.28. The van der Waals surface area contributed by atoms with Gasteiger partial charge in [0.25, 0.3) is 0 Å². The molecule has 1 fully saturated rings. The van der Waals surface area contributed by atoms with Gasteiger partial charge in [0.05, 0.1) is 18.6 Å². The van der Waals surface area contributed by atoms with Gasteiger partial charge in [0.1, 0.15) is 0 Å². The molecule has 0 radical (unpaired) electrons. The minimum Gasteiger partial charge on any atom is -0.481 e. The minimum absolute atomic E-state index is 0.0358. The van der Waals surface area contributed by atoms with Crippen molar-refractivity contribution in [1.29, 1.82) is 0 Å². The van der Waals surface area contributed by atoms with Gasteiger partial charge in [-0.3, -0.25) is 0 Å². The number of pyridine rings is 1. The van der Waals surface area contributed by atoms with Crippen LogP contribution in [-0.4, -0.2) is 38.1 Å². The molecule has 1 aromatic rings. The SMILES string of the molecule is COc1ncccc1CNC1CCCS(=O)(=O)C1. The van der Waals surface area contributed by atoms with Gasteiger partial charge in [0.15, 0.2) is 9.84 Å². The van der Waals surface area contributed by atoms with Gasteiger partial charge < -0.3 is 10.1 Å². The number of aromatic nitrogens is 1. The third-order valence-corrected chi connectivity index (χ3v) is 4.91. The van der Waals surface area contributed by atoms with Gasteiger partial charge in [0, 0.05) is 24.3 Å². The van der Waals surface area contributed by atoms with Gasteiger partial charge in [-0.25, -0.2) is 13.4 Å². The number of ether oxygens (including phenoxy) is 1. The summed E-state index contributed by atoms with van der Waals surface area (Å²) in [5.74, 6) is 1.14. The molecular weight excluding hydrogens is 252 g/mol. The van der Waals surface area contributed by atoms with E-state index in [-0.39, 0.29) is 11.8 Å². The second-order valence-electron chi connectivity index (χ2n) is 4.51. The first-order valence-electron chi connectivity index (χ1n) is 6.02. The molecule has 6 heteroatoms. The van der Waals surface area contributed by atoms with Gasteiger partial charge in [-0.15, -0.1) is 0 Å². The van der Waals surface area contributed by atoms with E-state index >= 15 is 0 Å². The first kappa shape index (κ1) is 13.3. The molecular formula is C12H18N2O3S. The number of hydrogen-bond donors (Lipinski definition) is 1. The summed E-state index contributed by atoms with van der Waals surface area (Å²) < 4.78 is 28.2. The van der Waals surface area contributed by atoms with Crippen LogP contribution in [-0.2, 0) is 16.4 Å². The van der Waals surface area contributed by atoms with Gasteiger partial charge in [0.2, 0.25) is 5.88 Å². The summed E-state index contributed by atoms with van der Waals surface area (Å²) in [5.41, 5.74) is 0.947. The van der Waals surface area contributed by atoms with Crippen molar-refractivity contribution in [3.63, 3.8) is 0 Å². The van der Waals surface area contributed by atoms with Crippen molar-refractivity contribution in [3.8, 4) is 5.88 Å². The Morgan fingerprint density at radius 1 is 1.56 bits per heavy atom. The minimum atomic E-state index is -2.86. The molecule has 0 aromatic carbocycles. The molecule has 1 N–H and O–H groups in total. The van der Waals surface area contributed by atoms with Gasteiger partial charge in [-0.05, 0) is 18.9 Å². The fourth-order valence-corrected chi connectivity index (χ4v) is 3.85. The van der Waals surface area contributed by atoms with E-state index in [0.717, 1.165) is 18.4 Å². The highest BCUT2D eigenvalue weighted by atomic mass is 32.2. The van der Waals surface area contributed by atoms with E-state index in [9.17, 15) is 8.42 Å². The van der Waals surface area contributed by atoms with Crippen LogP contribution in [0.3, 0.4) is 0 Å². The number of sulfone groups is 1. The topological polar surface area (TPSA) is 68.3 Å². The summed E-state index contributed by atoms with van der Waals surface area (Å²) >= 11 is 0. The van der Waals surface area contributed by atoms with E-state index in [1.807, 2.05) is 12.1 Å². The van der Waals surface area contributed by atoms with Crippen molar-refractivity contribution >= 4 is 9.84 Å². The molecule has 0 aliphatic carbocycles. The molecule has 18 heavy (non-hydrogen) atoms. The fourth-order valence-electron chi connectivity index (χ4n) is 2.18. The molecule has 1 saturated heterocycles. The molecule has 0 bridgehead atoms. The highest BCUT2D eigenvalue weighted by Gasteiger charge is 2.24. The Kier molecular flexibility index (Phi) is 4.19. The molecule has 0 spiro atoms. The van der Waals surface area contributed by atoms with E-state index < -0.39 is 9.84 Å². The zero-order chi connectivity index (χ0) is 13.0. The average molecular weight is 270 g/mol. The number of nitrogens with zero attached hydrogens (tertiary/aromatic N) is 1. The van der Waals surface area contributed by atoms with Crippen molar-refractivity contribution in [2.45, 2.75) is 25.4 Å². The fraction of sp³-hybridized carbons (Fsp3) is 0.583. The first-order valence-corrected chi connectivity index (χ1v) is 7.84. The Morgan fingerprint density at radius 3 is 3.11 bits per heavy atom. The largest absolute Gasteiger partial charge is 0.481 e. The second kappa shape index (κ2) is 5.67. The van der Waals surface area contributed by atoms with E-state index in [2.05, 4.69) is 10.3 Å². The molecule has 100 valence electrons. The maximum Gasteiger partial charge on any atom is 0.217 e. The Bertz CT molecular complexity index is 502. The second-order valence-corrected chi connectivity index (χ2v) is 6.73. The lowest BCUT2D eigenvalue weighted by Gasteiger charge is -2.23. The molecule has 1 aliphatic rings. The number of methoxy groups -OCH3 is 1. The molecule has 0 saturated carbocycles. The Balaban J connectivity index is 1.95. The first-order chi connectivity index (χ1) is 8.61. The number of hydrogen-bond acceptors (Lipinski definition) is 5. The predicted octanol–water partition coefficient (Wildman–Crippen LogP) is 0.757. The van der Waals surface area contributed by atoms with Crippen LogP contribution in [0.2, 0.25) is 0 Å². The zero-order valence-corrected chi connectivity index (χ0v) is 11.2. The van der Waals surface area contributed by atoms with E-state index in [1.54, 1.807) is 13.3 Å². The van der Waals surface area contributed by atoms with Crippen LogP contribution in [0.4, 0.5) is 0 Å². The van der Waals surface area contributed by atoms with Gasteiger partial charge in [-0.1, -0.05) is 6.07 Å². The molecule has 1 unspecified atom stereocenters. The lowest BCUT2D eigenvalue weighted by atomic mass is 10.1. The third-order valence-electron chi connectivity index (χ3n) is 3.09. The van der Waals surface area contributed by atoms with Crippen LogP contribution in [0.5, 0.6) is 5.88 Å². The smallest absolute Gasteiger partial charge is 0.217 e. The van der Waals surface area contributed by atoms with Crippen LogP contribution in [0, 0.1) is 0 Å². The quantitative estimate of drug-likeness (QED) is 0.874. The molecule has 2 heterocycles. The molecule has 5 nitrogen and oxygen atoms in total. The van der Waals surface area contributed by atoms with E-state index in [0.29, 0.717) is 18.2 Å². The molecule has 0 amide bonds. The summed E-state index contributed by atoms with van der Waals surface area (Å²) in [6.07, 6.45) is 3.32. The number of rotatable bonds is 4. The van der Waals surface area contributed by atoms with Crippen LogP contribution in [0.15, 0.2) is 18.3 Å². The van der Waals surface area contributed by atoms with Gasteiger partial charge in [-0.2, -0.15) is 0 Å². The highest BCUT2D eigenvalue weighted by Crippen LogP contribution is 2.16. The number of nitrogens with one attached hydrogen (secondary N) is 1. The van der Waals surface area contributed by atoms with Crippen LogP contribution < -0.4 is 10.1 Å². The van der Waals surface area contributed by atoms with Gasteiger partial charge >= 0.3 is 0 Å². The standard InChI is InChI=1S/C12H18N2O3S/c1-17-12-10(4-2-6-13-12)8-14-11-5-3-7-18(15,16)9-11/h2,4,6,11,14H,3,5,7-9H2,1H3. The van der Waals surface area contributed by atoms with E-state index in [4.69, 9.17) is 4.74 Å². The lowest BCUT2D eigenvalue weighted by molar-refractivity contribution is 0.387. The summed E-state index contributed by atoms with van der Waals surface area (Å²) in [5, 5.41) is 3.27. The Morgan fingerprint density at radius 2 is 2.39 bits per heavy atom. The molecule has 1 aliphatic heterocycles. The summed E-state index contributed by atoms with van der Waals surface area (Å²) in [6, 6.07) is 3.81. The zero-order valence-electron chi connectivity index (χ0n) is 10.4. The van der Waals surface area contributed by atoms with Crippen molar-refractivity contribution in [2.75, 3.05) is 18.6 Å². The molecule has 1 aromatic heterocycles. The maximum atomic E-state index is 11.5. The molecule has 1 atom stereocenters. The van der Waals surface area contributed by atoms with Crippen molar-refractivity contribution in [2.24, 2.45) is 0 Å². The molecule has 2 rings (SSSR count). The van der Waals surface area contributed by atoms with Crippen molar-refractivity contribution in [1.82, 2.24) is 10.3 Å². The normalized spacial score (nSPS) is 22.6. The van der Waals surface area contributed by atoms with Crippen LogP contribution in [0.25, 0.3) is 0 Å². The van der Waals surface area contributed by atoms with E-state index in [1.165, 1.54) is 0 Å². The summed E-state index contributed by atoms with van der Waals surface area (Å²) in [4.78, 5) is 4.11. The lowest BCUT2D eigenvalue weighted by Crippen LogP contribution is -2.39.